The lowest BCUT2D eigenvalue weighted by Crippen LogP contribution is -2.54. The molecule has 1 aromatic rings. The van der Waals surface area contributed by atoms with Crippen LogP contribution < -0.4 is 9.64 Å². The van der Waals surface area contributed by atoms with Gasteiger partial charge in [0.25, 0.3) is 0 Å². The fraction of sp³-hybridized carbons (Fsp3) is 0.308. The summed E-state index contributed by atoms with van der Waals surface area (Å²) in [6.07, 6.45) is 0. The lowest BCUT2D eigenvalue weighted by molar-refractivity contribution is -0.145. The number of piperazine rings is 1. The molecule has 1 aliphatic rings. The van der Waals surface area contributed by atoms with Crippen molar-refractivity contribution in [3.8, 4) is 11.8 Å². The number of rotatable bonds is 3. The van der Waals surface area contributed by atoms with E-state index in [4.69, 9.17) is 21.6 Å². The number of carbonyl (C=O) groups is 2. The summed E-state index contributed by atoms with van der Waals surface area (Å²) in [5.41, 5.74) is 0.533. The highest BCUT2D eigenvalue weighted by molar-refractivity contribution is 6.41. The minimum Gasteiger partial charge on any atom is -0.495 e. The lowest BCUT2D eigenvalue weighted by Gasteiger charge is -2.32. The van der Waals surface area contributed by atoms with Gasteiger partial charge in [-0.25, -0.2) is 0 Å². The summed E-state index contributed by atoms with van der Waals surface area (Å²) in [5.74, 6) is -0.838. The largest absolute Gasteiger partial charge is 0.495 e. The van der Waals surface area contributed by atoms with Crippen LogP contribution in [-0.2, 0) is 9.59 Å². The molecular formula is C13H12ClN3O3. The smallest absolute Gasteiger partial charge is 0.316 e. The van der Waals surface area contributed by atoms with Crippen molar-refractivity contribution < 1.29 is 14.3 Å². The molecular weight excluding hydrogens is 282 g/mol. The topological polar surface area (TPSA) is 73.6 Å². The van der Waals surface area contributed by atoms with Gasteiger partial charge in [-0.15, -0.1) is 0 Å². The third kappa shape index (κ3) is 2.53. The molecule has 2 rings (SSSR count). The highest BCUT2D eigenvalue weighted by Gasteiger charge is 2.33. The van der Waals surface area contributed by atoms with Crippen LogP contribution >= 0.6 is 11.6 Å². The summed E-state index contributed by atoms with van der Waals surface area (Å²) in [7, 11) is 1.50. The quantitative estimate of drug-likeness (QED) is 0.617. The maximum Gasteiger partial charge on any atom is 0.316 e. The third-order valence-corrected chi connectivity index (χ3v) is 3.31. The van der Waals surface area contributed by atoms with E-state index in [1.807, 2.05) is 6.07 Å². The molecule has 0 N–H and O–H groups in total. The summed E-state index contributed by atoms with van der Waals surface area (Å²) in [6, 6.07) is 6.74. The van der Waals surface area contributed by atoms with E-state index < -0.39 is 11.8 Å². The van der Waals surface area contributed by atoms with Crippen molar-refractivity contribution in [2.24, 2.45) is 0 Å². The first kappa shape index (κ1) is 14.2. The van der Waals surface area contributed by atoms with Crippen LogP contribution in [0.1, 0.15) is 0 Å². The minimum absolute atomic E-state index is 0.0816. The van der Waals surface area contributed by atoms with Crippen LogP contribution in [0.3, 0.4) is 0 Å². The van der Waals surface area contributed by atoms with Gasteiger partial charge in [0.15, 0.2) is 0 Å². The van der Waals surface area contributed by atoms with Gasteiger partial charge >= 0.3 is 11.8 Å². The number of ether oxygens (including phenoxy) is 1. The minimum atomic E-state index is -0.676. The van der Waals surface area contributed by atoms with Crippen molar-refractivity contribution in [1.82, 2.24) is 4.90 Å². The monoisotopic (exact) mass is 293 g/mol. The first-order valence-electron chi connectivity index (χ1n) is 5.89. The Hall–Kier alpha value is -2.26. The summed E-state index contributed by atoms with van der Waals surface area (Å²) >= 11 is 6.01. The van der Waals surface area contributed by atoms with Crippen LogP contribution in [0.4, 0.5) is 5.69 Å². The van der Waals surface area contributed by atoms with E-state index in [-0.39, 0.29) is 6.54 Å². The predicted molar refractivity (Wildman–Crippen MR) is 72.6 cm³/mol. The van der Waals surface area contributed by atoms with Gasteiger partial charge in [-0.2, -0.15) is 5.26 Å². The number of benzene rings is 1. The molecule has 0 spiro atoms. The van der Waals surface area contributed by atoms with Gasteiger partial charge in [-0.1, -0.05) is 11.6 Å². The third-order valence-electron chi connectivity index (χ3n) is 3.02. The van der Waals surface area contributed by atoms with E-state index >= 15 is 0 Å². The molecule has 0 bridgehead atoms. The molecule has 1 saturated heterocycles. The number of hydrogen-bond donors (Lipinski definition) is 0. The molecule has 20 heavy (non-hydrogen) atoms. The zero-order valence-corrected chi connectivity index (χ0v) is 11.6. The second-order valence-electron chi connectivity index (χ2n) is 4.16. The Kier molecular flexibility index (Phi) is 4.11. The molecule has 0 aliphatic carbocycles. The molecule has 1 aliphatic heterocycles. The average molecular weight is 294 g/mol. The maximum atomic E-state index is 12.0. The van der Waals surface area contributed by atoms with Crippen molar-refractivity contribution in [3.05, 3.63) is 23.2 Å². The molecule has 1 fully saturated rings. The fourth-order valence-electron chi connectivity index (χ4n) is 1.98. The number of carbonyl (C=O) groups excluding carboxylic acids is 2. The number of anilines is 1. The van der Waals surface area contributed by atoms with Gasteiger partial charge in [0.05, 0.1) is 18.2 Å². The summed E-state index contributed by atoms with van der Waals surface area (Å²) in [5, 5.41) is 8.96. The number of methoxy groups -OCH3 is 1. The molecule has 2 amide bonds. The fourth-order valence-corrected chi connectivity index (χ4v) is 2.23. The van der Waals surface area contributed by atoms with Gasteiger partial charge in [-0.3, -0.25) is 9.59 Å². The Morgan fingerprint density at radius 1 is 1.35 bits per heavy atom. The Morgan fingerprint density at radius 3 is 2.70 bits per heavy atom. The lowest BCUT2D eigenvalue weighted by atomic mass is 10.2. The SMILES string of the molecule is COc1ccc(N2CCN(CC#N)C(=O)C2=O)cc1Cl. The van der Waals surface area contributed by atoms with E-state index in [0.717, 1.165) is 0 Å². The van der Waals surface area contributed by atoms with Crippen LogP contribution in [0.25, 0.3) is 0 Å². The van der Waals surface area contributed by atoms with Gasteiger partial charge in [0.1, 0.15) is 12.3 Å². The van der Waals surface area contributed by atoms with Crippen molar-refractivity contribution >= 4 is 29.1 Å². The van der Waals surface area contributed by atoms with Crippen molar-refractivity contribution in [3.63, 3.8) is 0 Å². The standard InChI is InChI=1S/C13H12ClN3O3/c1-20-11-3-2-9(8-10(11)14)17-7-6-16(5-4-15)12(18)13(17)19/h2-3,8H,5-7H2,1H3. The van der Waals surface area contributed by atoms with E-state index in [0.29, 0.717) is 29.5 Å². The number of hydrogen-bond acceptors (Lipinski definition) is 4. The number of halogens is 1. The molecule has 0 aromatic heterocycles. The first-order chi connectivity index (χ1) is 9.58. The molecule has 104 valence electrons. The molecule has 0 radical (unpaired) electrons. The number of amides is 2. The van der Waals surface area contributed by atoms with E-state index in [1.54, 1.807) is 18.2 Å². The average Bonchev–Trinajstić information content (AvgIpc) is 2.44. The van der Waals surface area contributed by atoms with Crippen molar-refractivity contribution in [2.75, 3.05) is 31.6 Å². The van der Waals surface area contributed by atoms with Crippen molar-refractivity contribution in [2.45, 2.75) is 0 Å². The van der Waals surface area contributed by atoms with Gasteiger partial charge in [-0.05, 0) is 18.2 Å². The molecule has 7 heteroatoms. The van der Waals surface area contributed by atoms with Crippen molar-refractivity contribution in [1.29, 1.82) is 5.26 Å². The Balaban J connectivity index is 2.23. The van der Waals surface area contributed by atoms with Crippen LogP contribution in [-0.4, -0.2) is 43.5 Å². The molecule has 0 unspecified atom stereocenters. The zero-order valence-electron chi connectivity index (χ0n) is 10.8. The Morgan fingerprint density at radius 2 is 2.10 bits per heavy atom. The van der Waals surface area contributed by atoms with Crippen LogP contribution in [0.15, 0.2) is 18.2 Å². The number of nitrogens with zero attached hydrogens (tertiary/aromatic N) is 3. The highest BCUT2D eigenvalue weighted by Crippen LogP contribution is 2.29. The Labute approximate surface area is 121 Å². The van der Waals surface area contributed by atoms with E-state index in [9.17, 15) is 9.59 Å². The van der Waals surface area contributed by atoms with Crippen LogP contribution in [0.5, 0.6) is 5.75 Å². The zero-order chi connectivity index (χ0) is 14.7. The maximum absolute atomic E-state index is 12.0. The predicted octanol–water partition coefficient (Wildman–Crippen LogP) is 1.05. The van der Waals surface area contributed by atoms with Crippen LogP contribution in [0.2, 0.25) is 5.02 Å². The summed E-state index contributed by atoms with van der Waals surface area (Å²) < 4.78 is 5.04. The summed E-state index contributed by atoms with van der Waals surface area (Å²) in [4.78, 5) is 26.4. The molecule has 0 atom stereocenters. The molecule has 6 nitrogen and oxygen atoms in total. The number of nitriles is 1. The summed E-state index contributed by atoms with van der Waals surface area (Å²) in [6.45, 7) is 0.568. The van der Waals surface area contributed by atoms with E-state index in [2.05, 4.69) is 0 Å². The normalized spacial score (nSPS) is 15.2. The van der Waals surface area contributed by atoms with Gasteiger partial charge in [0, 0.05) is 18.8 Å². The molecule has 1 heterocycles. The second kappa shape index (κ2) is 5.80. The molecule has 0 saturated carbocycles. The first-order valence-corrected chi connectivity index (χ1v) is 6.27. The van der Waals surface area contributed by atoms with Gasteiger partial charge in [0.2, 0.25) is 0 Å². The van der Waals surface area contributed by atoms with E-state index in [1.165, 1.54) is 16.9 Å². The van der Waals surface area contributed by atoms with Gasteiger partial charge < -0.3 is 14.5 Å². The highest BCUT2D eigenvalue weighted by atomic mass is 35.5. The molecule has 1 aromatic carbocycles. The second-order valence-corrected chi connectivity index (χ2v) is 4.57. The van der Waals surface area contributed by atoms with Crippen LogP contribution in [0, 0.1) is 11.3 Å². The Bertz CT molecular complexity index is 597.